The number of furan rings is 1. The van der Waals surface area contributed by atoms with Crippen LogP contribution in [0.5, 0.6) is 11.5 Å². The van der Waals surface area contributed by atoms with E-state index < -0.39 is 11.9 Å². The topological polar surface area (TPSA) is 98.0 Å². The quantitative estimate of drug-likeness (QED) is 0.656. The molecule has 0 unspecified atom stereocenters. The van der Waals surface area contributed by atoms with Gasteiger partial charge in [0, 0.05) is 18.6 Å². The van der Waals surface area contributed by atoms with Crippen molar-refractivity contribution in [1.82, 2.24) is 0 Å². The van der Waals surface area contributed by atoms with E-state index in [-0.39, 0.29) is 17.1 Å². The molecule has 0 atom stereocenters. The molecular formula is C19H23NO6. The Balaban J connectivity index is 2.25. The molecule has 140 valence electrons. The van der Waals surface area contributed by atoms with Gasteiger partial charge < -0.3 is 24.3 Å². The number of methoxy groups -OCH3 is 1. The van der Waals surface area contributed by atoms with E-state index in [1.807, 2.05) is 0 Å². The lowest BCUT2D eigenvalue weighted by Gasteiger charge is -2.13. The third kappa shape index (κ3) is 4.56. The number of carboxylic acids is 1. The average molecular weight is 361 g/mol. The van der Waals surface area contributed by atoms with Crippen LogP contribution in [0.15, 0.2) is 28.7 Å². The molecule has 2 rings (SSSR count). The Labute approximate surface area is 151 Å². The minimum Gasteiger partial charge on any atom is -0.497 e. The van der Waals surface area contributed by atoms with Gasteiger partial charge in [0.15, 0.2) is 5.76 Å². The summed E-state index contributed by atoms with van der Waals surface area (Å²) in [5, 5.41) is 11.9. The first kappa shape index (κ1) is 19.4. The Morgan fingerprint density at radius 1 is 1.23 bits per heavy atom. The van der Waals surface area contributed by atoms with E-state index in [1.54, 1.807) is 25.1 Å². The first-order valence-corrected chi connectivity index (χ1v) is 8.48. The van der Waals surface area contributed by atoms with Gasteiger partial charge in [0.25, 0.3) is 5.91 Å². The number of aromatic carboxylic acids is 1. The molecule has 0 saturated carbocycles. The summed E-state index contributed by atoms with van der Waals surface area (Å²) >= 11 is 0. The third-order valence-corrected chi connectivity index (χ3v) is 3.77. The smallest absolute Gasteiger partial charge is 0.339 e. The van der Waals surface area contributed by atoms with Crippen molar-refractivity contribution in [3.05, 3.63) is 41.3 Å². The number of benzene rings is 1. The number of rotatable bonds is 9. The lowest BCUT2D eigenvalue weighted by Crippen LogP contribution is -2.12. The van der Waals surface area contributed by atoms with Crippen molar-refractivity contribution in [2.24, 2.45) is 0 Å². The molecule has 1 aromatic carbocycles. The van der Waals surface area contributed by atoms with Crippen molar-refractivity contribution in [1.29, 1.82) is 0 Å². The second-order valence-electron chi connectivity index (χ2n) is 5.62. The largest absolute Gasteiger partial charge is 0.497 e. The number of unbranched alkanes of at least 4 members (excludes halogenated alkanes) is 1. The maximum atomic E-state index is 12.5. The minimum atomic E-state index is -1.13. The highest BCUT2D eigenvalue weighted by molar-refractivity contribution is 6.04. The van der Waals surface area contributed by atoms with E-state index in [0.29, 0.717) is 30.2 Å². The summed E-state index contributed by atoms with van der Waals surface area (Å²) in [6.07, 6.45) is 2.25. The van der Waals surface area contributed by atoms with E-state index >= 15 is 0 Å². The average Bonchev–Trinajstić information content (AvgIpc) is 3.08. The normalized spacial score (nSPS) is 10.4. The van der Waals surface area contributed by atoms with Gasteiger partial charge in [-0.15, -0.1) is 0 Å². The predicted octanol–water partition coefficient (Wildman–Crippen LogP) is 3.98. The van der Waals surface area contributed by atoms with Crippen molar-refractivity contribution in [2.75, 3.05) is 19.0 Å². The number of ether oxygens (including phenoxy) is 2. The van der Waals surface area contributed by atoms with Gasteiger partial charge in [0.1, 0.15) is 22.8 Å². The predicted molar refractivity (Wildman–Crippen MR) is 96.4 cm³/mol. The Hall–Kier alpha value is -2.96. The zero-order valence-electron chi connectivity index (χ0n) is 15.1. The number of anilines is 1. The number of carbonyl (C=O) groups excluding carboxylic acids is 1. The van der Waals surface area contributed by atoms with Crippen LogP contribution < -0.4 is 14.8 Å². The van der Waals surface area contributed by atoms with Gasteiger partial charge in [-0.1, -0.05) is 20.3 Å². The molecule has 1 heterocycles. The van der Waals surface area contributed by atoms with E-state index in [0.717, 1.165) is 12.8 Å². The van der Waals surface area contributed by atoms with Crippen molar-refractivity contribution in [3.8, 4) is 11.5 Å². The fraction of sp³-hybridized carbons (Fsp3) is 0.368. The van der Waals surface area contributed by atoms with Gasteiger partial charge in [-0.25, -0.2) is 4.79 Å². The zero-order chi connectivity index (χ0) is 19.1. The van der Waals surface area contributed by atoms with Crippen LogP contribution in [0.25, 0.3) is 0 Å². The number of carboxylic acid groups (broad SMARTS) is 1. The lowest BCUT2D eigenvalue weighted by atomic mass is 10.2. The molecule has 0 fully saturated rings. The molecule has 7 heteroatoms. The molecule has 2 N–H and O–H groups in total. The first-order chi connectivity index (χ1) is 12.5. The van der Waals surface area contributed by atoms with Crippen LogP contribution in [0.4, 0.5) is 5.69 Å². The van der Waals surface area contributed by atoms with Crippen molar-refractivity contribution < 1.29 is 28.6 Å². The zero-order valence-corrected chi connectivity index (χ0v) is 15.1. The SMILES string of the molecule is CCCCOc1ccc(OC)cc1NC(=O)c1cc(C(=O)O)c(CC)o1. The van der Waals surface area contributed by atoms with Crippen molar-refractivity contribution in [2.45, 2.75) is 33.1 Å². The Morgan fingerprint density at radius 3 is 2.58 bits per heavy atom. The fourth-order valence-electron chi connectivity index (χ4n) is 2.35. The Morgan fingerprint density at radius 2 is 2.00 bits per heavy atom. The van der Waals surface area contributed by atoms with Crippen LogP contribution >= 0.6 is 0 Å². The highest BCUT2D eigenvalue weighted by Crippen LogP contribution is 2.30. The highest BCUT2D eigenvalue weighted by atomic mass is 16.5. The number of aryl methyl sites for hydroxylation is 1. The molecule has 0 aliphatic rings. The van der Waals surface area contributed by atoms with Gasteiger partial charge in [-0.3, -0.25) is 4.79 Å². The lowest BCUT2D eigenvalue weighted by molar-refractivity contribution is 0.0694. The van der Waals surface area contributed by atoms with Gasteiger partial charge in [-0.2, -0.15) is 0 Å². The second-order valence-corrected chi connectivity index (χ2v) is 5.62. The molecule has 1 amide bonds. The van der Waals surface area contributed by atoms with Crippen LogP contribution in [0.2, 0.25) is 0 Å². The Bertz CT molecular complexity index is 780. The molecule has 0 radical (unpaired) electrons. The maximum Gasteiger partial charge on any atom is 0.339 e. The number of amides is 1. The van der Waals surface area contributed by atoms with E-state index in [9.17, 15) is 14.7 Å². The molecule has 2 aromatic rings. The molecule has 0 aliphatic carbocycles. The van der Waals surface area contributed by atoms with Crippen LogP contribution in [0.1, 0.15) is 53.4 Å². The highest BCUT2D eigenvalue weighted by Gasteiger charge is 2.21. The van der Waals surface area contributed by atoms with Crippen molar-refractivity contribution >= 4 is 17.6 Å². The summed E-state index contributed by atoms with van der Waals surface area (Å²) in [6, 6.07) is 6.32. The van der Waals surface area contributed by atoms with E-state index in [2.05, 4.69) is 12.2 Å². The summed E-state index contributed by atoms with van der Waals surface area (Å²) in [5.41, 5.74) is 0.416. The summed E-state index contributed by atoms with van der Waals surface area (Å²) in [7, 11) is 1.53. The van der Waals surface area contributed by atoms with Crippen LogP contribution in [-0.4, -0.2) is 30.7 Å². The number of carbonyl (C=O) groups is 2. The van der Waals surface area contributed by atoms with Crippen LogP contribution in [0, 0.1) is 0 Å². The number of hydrogen-bond acceptors (Lipinski definition) is 5. The molecule has 0 aliphatic heterocycles. The third-order valence-electron chi connectivity index (χ3n) is 3.77. The number of hydrogen-bond donors (Lipinski definition) is 2. The van der Waals surface area contributed by atoms with E-state index in [4.69, 9.17) is 13.9 Å². The summed E-state index contributed by atoms with van der Waals surface area (Å²) in [6.45, 7) is 4.34. The van der Waals surface area contributed by atoms with Crippen LogP contribution in [-0.2, 0) is 6.42 Å². The molecule has 0 spiro atoms. The Kier molecular flexibility index (Phi) is 6.66. The summed E-state index contributed by atoms with van der Waals surface area (Å²) in [4.78, 5) is 23.7. The van der Waals surface area contributed by atoms with Crippen LogP contribution in [0.3, 0.4) is 0 Å². The summed E-state index contributed by atoms with van der Waals surface area (Å²) < 4.78 is 16.3. The molecular weight excluding hydrogens is 338 g/mol. The molecule has 0 saturated heterocycles. The van der Waals surface area contributed by atoms with Crippen molar-refractivity contribution in [3.63, 3.8) is 0 Å². The molecule has 7 nitrogen and oxygen atoms in total. The molecule has 0 bridgehead atoms. The van der Waals surface area contributed by atoms with E-state index in [1.165, 1.54) is 13.2 Å². The minimum absolute atomic E-state index is 0.0114. The summed E-state index contributed by atoms with van der Waals surface area (Å²) in [5.74, 6) is -0.430. The second kappa shape index (κ2) is 8.94. The monoisotopic (exact) mass is 361 g/mol. The first-order valence-electron chi connectivity index (χ1n) is 8.48. The van der Waals surface area contributed by atoms with Gasteiger partial charge >= 0.3 is 5.97 Å². The standard InChI is InChI=1S/C19H23NO6/c1-4-6-9-25-16-8-7-12(24-3)10-14(16)20-18(21)17-11-13(19(22)23)15(5-2)26-17/h7-8,10-11H,4-6,9H2,1-3H3,(H,20,21)(H,22,23). The van der Waals surface area contributed by atoms with Gasteiger partial charge in [-0.05, 0) is 18.6 Å². The van der Waals surface area contributed by atoms with Gasteiger partial charge in [0.2, 0.25) is 0 Å². The van der Waals surface area contributed by atoms with Gasteiger partial charge in [0.05, 0.1) is 19.4 Å². The maximum absolute atomic E-state index is 12.5. The fourth-order valence-corrected chi connectivity index (χ4v) is 2.35. The molecule has 26 heavy (non-hydrogen) atoms. The molecule has 1 aromatic heterocycles. The number of nitrogens with one attached hydrogen (secondary N) is 1.